The van der Waals surface area contributed by atoms with Gasteiger partial charge in [-0.1, -0.05) is 0 Å². The summed E-state index contributed by atoms with van der Waals surface area (Å²) in [6.45, 7) is 2.24. The predicted octanol–water partition coefficient (Wildman–Crippen LogP) is 5.58. The molecular formula is C19H29ClPPd. The molecule has 0 N–H and O–H groups in total. The van der Waals surface area contributed by atoms with Crippen molar-refractivity contribution in [2.75, 3.05) is 0 Å². The minimum absolute atomic E-state index is 0.217. The normalized spacial score (nSPS) is 23.1. The van der Waals surface area contributed by atoms with E-state index in [0.717, 1.165) is 17.7 Å². The van der Waals surface area contributed by atoms with Crippen LogP contribution in [0.25, 0.3) is 0 Å². The molecule has 127 valence electrons. The third-order valence-corrected chi connectivity index (χ3v) is 15.4. The van der Waals surface area contributed by atoms with Crippen LogP contribution in [0.3, 0.4) is 0 Å². The summed E-state index contributed by atoms with van der Waals surface area (Å²) < 4.78 is 0.217. The van der Waals surface area contributed by atoms with Gasteiger partial charge in [0.2, 0.25) is 0 Å². The number of aryl methyl sites for hydroxylation is 1. The molecule has 0 spiro atoms. The first-order chi connectivity index (χ1) is 10.7. The zero-order valence-electron chi connectivity index (χ0n) is 13.6. The molecule has 2 aliphatic carbocycles. The van der Waals surface area contributed by atoms with Gasteiger partial charge in [0.1, 0.15) is 0 Å². The van der Waals surface area contributed by atoms with Gasteiger partial charge in [-0.25, -0.2) is 0 Å². The van der Waals surface area contributed by atoms with Crippen molar-refractivity contribution in [2.24, 2.45) is 0 Å². The zero-order chi connectivity index (χ0) is 15.6. The Morgan fingerprint density at radius 3 is 1.82 bits per heavy atom. The Hall–Kier alpha value is 0.602. The van der Waals surface area contributed by atoms with E-state index in [4.69, 9.17) is 11.6 Å². The van der Waals surface area contributed by atoms with Crippen molar-refractivity contribution < 1.29 is 19.2 Å². The predicted molar refractivity (Wildman–Crippen MR) is 97.9 cm³/mol. The van der Waals surface area contributed by atoms with E-state index in [9.17, 15) is 0 Å². The molecule has 0 nitrogen and oxygen atoms in total. The van der Waals surface area contributed by atoms with Crippen molar-refractivity contribution in [3.63, 3.8) is 0 Å². The van der Waals surface area contributed by atoms with Gasteiger partial charge in [-0.05, 0) is 0 Å². The molecule has 3 rings (SSSR count). The third kappa shape index (κ3) is 3.09. The molecule has 1 atom stereocenters. The number of benzene rings is 1. The third-order valence-electron chi connectivity index (χ3n) is 6.26. The van der Waals surface area contributed by atoms with E-state index in [1.54, 1.807) is 5.30 Å². The summed E-state index contributed by atoms with van der Waals surface area (Å²) in [5, 5.41) is 1.63. The molecule has 0 aliphatic heterocycles. The van der Waals surface area contributed by atoms with Crippen molar-refractivity contribution in [3.8, 4) is 0 Å². The maximum atomic E-state index is 6.96. The summed E-state index contributed by atoms with van der Waals surface area (Å²) in [5.41, 5.74) is 3.23. The van der Waals surface area contributed by atoms with Crippen LogP contribution in [-0.4, -0.2) is 14.9 Å². The van der Waals surface area contributed by atoms with Gasteiger partial charge in [0.25, 0.3) is 0 Å². The molecule has 0 aromatic heterocycles. The van der Waals surface area contributed by atoms with E-state index < -0.39 is 7.26 Å². The molecule has 22 heavy (non-hydrogen) atoms. The van der Waals surface area contributed by atoms with Gasteiger partial charge in [0.05, 0.1) is 0 Å². The quantitative estimate of drug-likeness (QED) is 0.325. The topological polar surface area (TPSA) is 0 Å². The first-order valence-corrected chi connectivity index (χ1v) is 12.6. The molecule has 0 amide bonds. The fourth-order valence-electron chi connectivity index (χ4n) is 5.08. The van der Waals surface area contributed by atoms with Crippen LogP contribution in [0.5, 0.6) is 0 Å². The molecule has 0 saturated heterocycles. The van der Waals surface area contributed by atoms with E-state index in [0.29, 0.717) is 0 Å². The van der Waals surface area contributed by atoms with Crippen LogP contribution in [0, 0.1) is 0 Å². The van der Waals surface area contributed by atoms with Crippen molar-refractivity contribution in [3.05, 3.63) is 29.8 Å². The van der Waals surface area contributed by atoms with Gasteiger partial charge in [-0.3, -0.25) is 0 Å². The Morgan fingerprint density at radius 1 is 1.00 bits per heavy atom. The van der Waals surface area contributed by atoms with Crippen LogP contribution in [0.2, 0.25) is 0 Å². The number of hydrogen-bond acceptors (Lipinski definition) is 0. The molecule has 2 fully saturated rings. The van der Waals surface area contributed by atoms with Gasteiger partial charge >= 0.3 is 153 Å². The Bertz CT molecular complexity index is 457. The molecule has 1 aromatic rings. The summed E-state index contributed by atoms with van der Waals surface area (Å²) in [6.07, 6.45) is 12.5. The summed E-state index contributed by atoms with van der Waals surface area (Å²) >= 11 is 10.6. The van der Waals surface area contributed by atoms with Crippen LogP contribution < -0.4 is 5.30 Å². The van der Waals surface area contributed by atoms with Crippen LogP contribution in [0.15, 0.2) is 24.3 Å². The Kier molecular flexibility index (Phi) is 6.07. The molecule has 3 heteroatoms. The molecule has 1 aromatic carbocycles. The first-order valence-electron chi connectivity index (χ1n) is 9.03. The maximum absolute atomic E-state index is 6.96. The van der Waals surface area contributed by atoms with Crippen LogP contribution in [-0.2, 0) is 25.6 Å². The van der Waals surface area contributed by atoms with Gasteiger partial charge in [-0.15, -0.1) is 0 Å². The molecule has 0 radical (unpaired) electrons. The van der Waals surface area contributed by atoms with Crippen molar-refractivity contribution in [1.29, 1.82) is 0 Å². The average molecular weight is 430 g/mol. The van der Waals surface area contributed by atoms with Crippen LogP contribution >= 0.6 is 18.9 Å². The average Bonchev–Trinajstić information content (AvgIpc) is 3.22. The molecule has 1 unspecified atom stereocenters. The van der Waals surface area contributed by atoms with E-state index >= 15 is 0 Å². The molecule has 0 heterocycles. The van der Waals surface area contributed by atoms with E-state index in [1.165, 1.54) is 56.9 Å². The van der Waals surface area contributed by atoms with Crippen molar-refractivity contribution in [1.82, 2.24) is 0 Å². The standard InChI is InChI=1S/C19H29ClP.Pd/c1-2-16-11-13-19(14-12-16)21(15-20,17-7-3-4-8-17)18-9-5-6-10-18;/h11-15,17-18,21H,2-10H2,1H3;. The van der Waals surface area contributed by atoms with Gasteiger partial charge in [-0.2, -0.15) is 0 Å². The Balaban J connectivity index is 2.05. The summed E-state index contributed by atoms with van der Waals surface area (Å²) in [6, 6.07) is 9.61. The zero-order valence-corrected chi connectivity index (χ0v) is 16.9. The van der Waals surface area contributed by atoms with Crippen LogP contribution in [0.1, 0.15) is 63.9 Å². The van der Waals surface area contributed by atoms with Gasteiger partial charge < -0.3 is 0 Å². The second kappa shape index (κ2) is 7.66. The first kappa shape index (κ1) is 17.4. The minimum atomic E-state index is -1.72. The molecular weight excluding hydrogens is 401 g/mol. The molecule has 2 aliphatic rings. The summed E-state index contributed by atoms with van der Waals surface area (Å²) in [5.74, 6) is 0. The Morgan fingerprint density at radius 2 is 1.45 bits per heavy atom. The van der Waals surface area contributed by atoms with E-state index in [-0.39, 0.29) is 3.59 Å². The second-order valence-corrected chi connectivity index (χ2v) is 14.8. The molecule has 0 bridgehead atoms. The van der Waals surface area contributed by atoms with Crippen molar-refractivity contribution >= 4 is 24.2 Å². The van der Waals surface area contributed by atoms with E-state index in [2.05, 4.69) is 50.4 Å². The number of hydrogen-bond donors (Lipinski definition) is 0. The fourth-order valence-corrected chi connectivity index (χ4v) is 15.5. The van der Waals surface area contributed by atoms with Crippen LogP contribution in [0.4, 0.5) is 0 Å². The summed E-state index contributed by atoms with van der Waals surface area (Å²) in [4.78, 5) is 0. The van der Waals surface area contributed by atoms with Gasteiger partial charge in [0.15, 0.2) is 0 Å². The number of halogens is 1. The Labute approximate surface area is 152 Å². The summed E-state index contributed by atoms with van der Waals surface area (Å²) in [7, 11) is -1.72. The number of rotatable bonds is 5. The fraction of sp³-hybridized carbons (Fsp3) is 0.684. The van der Waals surface area contributed by atoms with E-state index in [1.807, 2.05) is 0 Å². The monoisotopic (exact) mass is 429 g/mol. The van der Waals surface area contributed by atoms with Crippen molar-refractivity contribution in [2.45, 2.75) is 79.6 Å². The second-order valence-electron chi connectivity index (χ2n) is 7.22. The van der Waals surface area contributed by atoms with Gasteiger partial charge in [0, 0.05) is 0 Å². The molecule has 2 saturated carbocycles. The SMILES string of the molecule is CCc1ccc([PH]([CH](Cl)[Pd])(C2CCCC2)C2CCCC2)cc1. The number of alkyl halides is 1.